The number of aliphatic hydroxyl groups excluding tert-OH is 1. The second kappa shape index (κ2) is 6.12. The number of carbonyl (C=O) groups is 1. The maximum absolute atomic E-state index is 12.5. The molecule has 1 fully saturated rings. The van der Waals surface area contributed by atoms with E-state index in [0.717, 1.165) is 22.7 Å². The minimum absolute atomic E-state index is 0.281. The average molecular weight is 359 g/mol. The van der Waals surface area contributed by atoms with E-state index < -0.39 is 5.60 Å². The predicted octanol–water partition coefficient (Wildman–Crippen LogP) is 1.25. The van der Waals surface area contributed by atoms with Gasteiger partial charge in [-0.15, -0.1) is 0 Å². The molecule has 0 radical (unpaired) electrons. The standard InChI is InChI=1S/C18H25N5O3/c1-18(2,3)26-17(25)21-8-5-13-14(6-9-21)20-15-4-7-19-23(15)16(13)22-10-12(24)11-22/h4,7,12,24H,5-6,8-11H2,1-3H3. The maximum atomic E-state index is 12.5. The van der Waals surface area contributed by atoms with Crippen molar-refractivity contribution in [2.75, 3.05) is 31.1 Å². The molecule has 2 aromatic rings. The maximum Gasteiger partial charge on any atom is 0.410 e. The van der Waals surface area contributed by atoms with Gasteiger partial charge in [-0.05, 0) is 27.2 Å². The Kier molecular flexibility index (Phi) is 4.02. The Hall–Kier alpha value is -2.35. The summed E-state index contributed by atoms with van der Waals surface area (Å²) in [5.74, 6) is 0.992. The summed E-state index contributed by atoms with van der Waals surface area (Å²) in [4.78, 5) is 21.1. The number of hydrogen-bond donors (Lipinski definition) is 1. The van der Waals surface area contributed by atoms with E-state index in [9.17, 15) is 9.90 Å². The minimum Gasteiger partial charge on any atom is -0.444 e. The first kappa shape index (κ1) is 17.1. The Morgan fingerprint density at radius 1 is 1.27 bits per heavy atom. The number of carbonyl (C=O) groups excluding carboxylic acids is 1. The zero-order chi connectivity index (χ0) is 18.5. The molecule has 0 aromatic carbocycles. The number of amides is 1. The van der Waals surface area contributed by atoms with Crippen LogP contribution in [0.2, 0.25) is 0 Å². The van der Waals surface area contributed by atoms with Gasteiger partial charge >= 0.3 is 6.09 Å². The van der Waals surface area contributed by atoms with E-state index in [1.807, 2.05) is 31.4 Å². The normalized spacial score (nSPS) is 18.5. The molecule has 2 aliphatic rings. The van der Waals surface area contributed by atoms with Crippen molar-refractivity contribution in [3.8, 4) is 0 Å². The number of anilines is 1. The van der Waals surface area contributed by atoms with Crippen LogP contribution in [0.1, 0.15) is 32.0 Å². The molecule has 1 amide bonds. The van der Waals surface area contributed by atoms with Gasteiger partial charge < -0.3 is 19.6 Å². The van der Waals surface area contributed by atoms with E-state index in [1.165, 1.54) is 0 Å². The van der Waals surface area contributed by atoms with E-state index in [0.29, 0.717) is 39.0 Å². The molecular weight excluding hydrogens is 334 g/mol. The molecule has 2 aliphatic heterocycles. The second-order valence-corrected chi connectivity index (χ2v) is 7.99. The lowest BCUT2D eigenvalue weighted by molar-refractivity contribution is 0.0258. The van der Waals surface area contributed by atoms with Gasteiger partial charge in [0, 0.05) is 44.2 Å². The molecule has 0 aliphatic carbocycles. The predicted molar refractivity (Wildman–Crippen MR) is 96.4 cm³/mol. The largest absolute Gasteiger partial charge is 0.444 e. The number of aromatic nitrogens is 3. The van der Waals surface area contributed by atoms with E-state index in [4.69, 9.17) is 9.72 Å². The molecule has 4 heterocycles. The number of ether oxygens (including phenoxy) is 1. The molecule has 8 nitrogen and oxygen atoms in total. The Labute approximate surface area is 152 Å². The van der Waals surface area contributed by atoms with Crippen LogP contribution < -0.4 is 4.90 Å². The first-order chi connectivity index (χ1) is 12.3. The van der Waals surface area contributed by atoms with Gasteiger partial charge in [-0.1, -0.05) is 0 Å². The fraction of sp³-hybridized carbons (Fsp3) is 0.611. The van der Waals surface area contributed by atoms with Gasteiger partial charge in [0.2, 0.25) is 0 Å². The van der Waals surface area contributed by atoms with Crippen molar-refractivity contribution in [2.24, 2.45) is 0 Å². The number of rotatable bonds is 1. The average Bonchev–Trinajstić information content (AvgIpc) is 2.87. The van der Waals surface area contributed by atoms with Gasteiger partial charge in [0.25, 0.3) is 0 Å². The highest BCUT2D eigenvalue weighted by atomic mass is 16.6. The third kappa shape index (κ3) is 3.09. The summed E-state index contributed by atoms with van der Waals surface area (Å²) in [6.45, 7) is 7.99. The van der Waals surface area contributed by atoms with Gasteiger partial charge in [-0.3, -0.25) is 0 Å². The number of aliphatic hydroxyl groups is 1. The minimum atomic E-state index is -0.506. The molecule has 1 N–H and O–H groups in total. The lowest BCUT2D eigenvalue weighted by atomic mass is 10.1. The summed E-state index contributed by atoms with van der Waals surface area (Å²) in [6, 6.07) is 1.89. The molecule has 0 spiro atoms. The summed E-state index contributed by atoms with van der Waals surface area (Å²) in [7, 11) is 0. The van der Waals surface area contributed by atoms with E-state index in [1.54, 1.807) is 11.1 Å². The highest BCUT2D eigenvalue weighted by Crippen LogP contribution is 2.30. The van der Waals surface area contributed by atoms with Crippen LogP contribution in [0.15, 0.2) is 12.3 Å². The van der Waals surface area contributed by atoms with Gasteiger partial charge in [0.05, 0.1) is 18.0 Å². The first-order valence-corrected chi connectivity index (χ1v) is 9.08. The van der Waals surface area contributed by atoms with Crippen molar-refractivity contribution in [1.29, 1.82) is 0 Å². The molecule has 8 heteroatoms. The molecule has 0 saturated carbocycles. The third-order valence-corrected chi connectivity index (χ3v) is 4.75. The Morgan fingerprint density at radius 3 is 2.69 bits per heavy atom. The molecule has 1 saturated heterocycles. The molecule has 0 bridgehead atoms. The van der Waals surface area contributed by atoms with Crippen molar-refractivity contribution < 1.29 is 14.6 Å². The van der Waals surface area contributed by atoms with Crippen molar-refractivity contribution in [2.45, 2.75) is 45.3 Å². The lowest BCUT2D eigenvalue weighted by Gasteiger charge is -2.39. The van der Waals surface area contributed by atoms with E-state index in [-0.39, 0.29) is 12.2 Å². The fourth-order valence-corrected chi connectivity index (χ4v) is 3.53. The van der Waals surface area contributed by atoms with Crippen molar-refractivity contribution in [1.82, 2.24) is 19.5 Å². The first-order valence-electron chi connectivity index (χ1n) is 9.08. The molecule has 140 valence electrons. The SMILES string of the molecule is CC(C)(C)OC(=O)N1CCc2nc3ccnn3c(N3CC(O)C3)c2CC1. The Balaban J connectivity index is 1.64. The quantitative estimate of drug-likeness (QED) is 0.825. The van der Waals surface area contributed by atoms with Crippen LogP contribution in [0.4, 0.5) is 10.6 Å². The molecular formula is C18H25N5O3. The van der Waals surface area contributed by atoms with E-state index in [2.05, 4.69) is 10.00 Å². The number of fused-ring (bicyclic) bond motifs is 2. The number of β-amino-alcohol motifs (C(OH)–C–C–N with tert-alkyl or cyclic N) is 1. The van der Waals surface area contributed by atoms with Crippen molar-refractivity contribution >= 4 is 17.6 Å². The van der Waals surface area contributed by atoms with Crippen LogP contribution in [-0.4, -0.2) is 68.6 Å². The van der Waals surface area contributed by atoms with Gasteiger partial charge in [0.1, 0.15) is 11.4 Å². The summed E-state index contributed by atoms with van der Waals surface area (Å²) in [6.07, 6.45) is 2.54. The summed E-state index contributed by atoms with van der Waals surface area (Å²) >= 11 is 0. The molecule has 0 atom stereocenters. The smallest absolute Gasteiger partial charge is 0.410 e. The van der Waals surface area contributed by atoms with E-state index >= 15 is 0 Å². The zero-order valence-corrected chi connectivity index (χ0v) is 15.5. The Morgan fingerprint density at radius 2 is 2.00 bits per heavy atom. The highest BCUT2D eigenvalue weighted by Gasteiger charge is 2.32. The summed E-state index contributed by atoms with van der Waals surface area (Å²) in [5, 5.41) is 14.1. The van der Waals surface area contributed by atoms with Gasteiger partial charge in [-0.25, -0.2) is 9.78 Å². The van der Waals surface area contributed by atoms with Crippen LogP contribution in [0.25, 0.3) is 5.65 Å². The van der Waals surface area contributed by atoms with Gasteiger partial charge in [-0.2, -0.15) is 9.61 Å². The highest BCUT2D eigenvalue weighted by molar-refractivity contribution is 5.69. The molecule has 26 heavy (non-hydrogen) atoms. The lowest BCUT2D eigenvalue weighted by Crippen LogP contribution is -2.52. The van der Waals surface area contributed by atoms with Crippen LogP contribution in [-0.2, 0) is 17.6 Å². The molecule has 0 unspecified atom stereocenters. The van der Waals surface area contributed by atoms with Gasteiger partial charge in [0.15, 0.2) is 5.65 Å². The Bertz CT molecular complexity index is 835. The molecule has 2 aromatic heterocycles. The fourth-order valence-electron chi connectivity index (χ4n) is 3.53. The number of hydrogen-bond acceptors (Lipinski definition) is 6. The second-order valence-electron chi connectivity index (χ2n) is 7.99. The number of nitrogens with zero attached hydrogens (tertiary/aromatic N) is 5. The van der Waals surface area contributed by atoms with Crippen LogP contribution in [0, 0.1) is 0 Å². The summed E-state index contributed by atoms with van der Waals surface area (Å²) in [5.41, 5.74) is 2.40. The monoisotopic (exact) mass is 359 g/mol. The summed E-state index contributed by atoms with van der Waals surface area (Å²) < 4.78 is 7.36. The van der Waals surface area contributed by atoms with Crippen LogP contribution in [0.3, 0.4) is 0 Å². The van der Waals surface area contributed by atoms with Crippen molar-refractivity contribution in [3.05, 3.63) is 23.5 Å². The van der Waals surface area contributed by atoms with Crippen molar-refractivity contribution in [3.63, 3.8) is 0 Å². The molecule has 4 rings (SSSR count). The third-order valence-electron chi connectivity index (χ3n) is 4.75. The topological polar surface area (TPSA) is 83.2 Å². The van der Waals surface area contributed by atoms with Crippen LogP contribution in [0.5, 0.6) is 0 Å². The zero-order valence-electron chi connectivity index (χ0n) is 15.5. The van der Waals surface area contributed by atoms with Crippen LogP contribution >= 0.6 is 0 Å².